The van der Waals surface area contributed by atoms with Gasteiger partial charge in [-0.3, -0.25) is 14.6 Å². The maximum atomic E-state index is 11.3. The van der Waals surface area contributed by atoms with Crippen molar-refractivity contribution < 1.29 is 9.90 Å². The molecular weight excluding hydrogens is 184 g/mol. The summed E-state index contributed by atoms with van der Waals surface area (Å²) in [7, 11) is 1.70. The molecule has 14 heavy (non-hydrogen) atoms. The van der Waals surface area contributed by atoms with Gasteiger partial charge in [-0.25, -0.2) is 4.79 Å². The van der Waals surface area contributed by atoms with E-state index in [-0.39, 0.29) is 11.1 Å². The van der Waals surface area contributed by atoms with Crippen molar-refractivity contribution in [2.75, 3.05) is 0 Å². The number of nitrogens with one attached hydrogen (secondary N) is 1. The lowest BCUT2D eigenvalue weighted by molar-refractivity contribution is 0.0697. The first-order chi connectivity index (χ1) is 6.59. The molecule has 0 atom stereocenters. The van der Waals surface area contributed by atoms with Gasteiger partial charge in [0.05, 0.1) is 16.5 Å². The Morgan fingerprint density at radius 3 is 2.86 bits per heavy atom. The number of hydrogen-bond donors (Lipinski definition) is 2. The molecule has 0 saturated carbocycles. The van der Waals surface area contributed by atoms with E-state index in [1.165, 1.54) is 12.1 Å². The van der Waals surface area contributed by atoms with Crippen LogP contribution in [0.15, 0.2) is 23.0 Å². The van der Waals surface area contributed by atoms with Crippen LogP contribution >= 0.6 is 0 Å². The van der Waals surface area contributed by atoms with Crippen LogP contribution in [0.1, 0.15) is 10.4 Å². The number of aromatic carboxylic acids is 1. The number of rotatable bonds is 1. The summed E-state index contributed by atoms with van der Waals surface area (Å²) < 4.78 is 1.56. The van der Waals surface area contributed by atoms with Crippen LogP contribution in [0.2, 0.25) is 0 Å². The number of aromatic nitrogens is 2. The van der Waals surface area contributed by atoms with E-state index in [0.29, 0.717) is 10.9 Å². The van der Waals surface area contributed by atoms with E-state index in [9.17, 15) is 9.59 Å². The molecule has 0 aliphatic carbocycles. The molecule has 72 valence electrons. The standard InChI is InChI=1S/C9H8N2O3/c1-11-7-3-2-5(9(13)14)4-6(7)8(12)10-11/h2-4H,1H3,(H,10,12)(H,13,14). The Bertz CT molecular complexity index is 565. The van der Waals surface area contributed by atoms with Gasteiger partial charge in [0.1, 0.15) is 0 Å². The number of carboxylic acids is 1. The molecule has 0 unspecified atom stereocenters. The van der Waals surface area contributed by atoms with Gasteiger partial charge in [0.15, 0.2) is 0 Å². The van der Waals surface area contributed by atoms with E-state index in [2.05, 4.69) is 5.10 Å². The van der Waals surface area contributed by atoms with Crippen molar-refractivity contribution in [1.82, 2.24) is 9.78 Å². The molecule has 5 heteroatoms. The molecule has 1 heterocycles. The normalized spacial score (nSPS) is 10.6. The SMILES string of the molecule is Cn1[nH]c(=O)c2cc(C(=O)O)ccc21. The van der Waals surface area contributed by atoms with Crippen molar-refractivity contribution in [3.8, 4) is 0 Å². The van der Waals surface area contributed by atoms with Crippen molar-refractivity contribution in [2.45, 2.75) is 0 Å². The minimum Gasteiger partial charge on any atom is -0.478 e. The minimum atomic E-state index is -1.03. The number of hydrogen-bond acceptors (Lipinski definition) is 2. The van der Waals surface area contributed by atoms with Crippen molar-refractivity contribution in [1.29, 1.82) is 0 Å². The summed E-state index contributed by atoms with van der Waals surface area (Å²) >= 11 is 0. The van der Waals surface area contributed by atoms with Crippen LogP contribution in [0.5, 0.6) is 0 Å². The maximum Gasteiger partial charge on any atom is 0.335 e. The molecule has 0 fully saturated rings. The highest BCUT2D eigenvalue weighted by Gasteiger charge is 2.08. The molecule has 5 nitrogen and oxygen atoms in total. The highest BCUT2D eigenvalue weighted by atomic mass is 16.4. The first-order valence-electron chi connectivity index (χ1n) is 4.01. The highest BCUT2D eigenvalue weighted by Crippen LogP contribution is 2.11. The van der Waals surface area contributed by atoms with E-state index < -0.39 is 5.97 Å². The molecule has 0 aliphatic rings. The number of carbonyl (C=O) groups is 1. The molecule has 0 amide bonds. The molecule has 0 bridgehead atoms. The van der Waals surface area contributed by atoms with Crippen molar-refractivity contribution in [2.24, 2.45) is 7.05 Å². The van der Waals surface area contributed by atoms with Crippen LogP contribution in [0.4, 0.5) is 0 Å². The molecule has 0 saturated heterocycles. The molecule has 1 aromatic carbocycles. The van der Waals surface area contributed by atoms with Crippen molar-refractivity contribution in [3.05, 3.63) is 34.1 Å². The van der Waals surface area contributed by atoms with Crippen LogP contribution in [0.25, 0.3) is 10.9 Å². The number of fused-ring (bicyclic) bond motifs is 1. The van der Waals surface area contributed by atoms with Crippen molar-refractivity contribution in [3.63, 3.8) is 0 Å². The van der Waals surface area contributed by atoms with Crippen LogP contribution in [0.3, 0.4) is 0 Å². The summed E-state index contributed by atoms with van der Waals surface area (Å²) in [5, 5.41) is 11.7. The summed E-state index contributed by atoms with van der Waals surface area (Å²) in [5.74, 6) is -1.03. The number of H-pyrrole nitrogens is 1. The second kappa shape index (κ2) is 2.73. The van der Waals surface area contributed by atoms with Gasteiger partial charge in [-0.15, -0.1) is 0 Å². The van der Waals surface area contributed by atoms with E-state index in [1.54, 1.807) is 17.8 Å². The fourth-order valence-electron chi connectivity index (χ4n) is 1.42. The Morgan fingerprint density at radius 1 is 1.50 bits per heavy atom. The van der Waals surface area contributed by atoms with Crippen LogP contribution in [-0.2, 0) is 7.05 Å². The highest BCUT2D eigenvalue weighted by molar-refractivity contribution is 5.93. The van der Waals surface area contributed by atoms with E-state index in [1.807, 2.05) is 0 Å². The zero-order valence-corrected chi connectivity index (χ0v) is 7.44. The monoisotopic (exact) mass is 192 g/mol. The molecule has 2 N–H and O–H groups in total. The third-order valence-electron chi connectivity index (χ3n) is 2.12. The Morgan fingerprint density at radius 2 is 2.21 bits per heavy atom. The van der Waals surface area contributed by atoms with Gasteiger partial charge in [-0.05, 0) is 18.2 Å². The maximum absolute atomic E-state index is 11.3. The zero-order valence-electron chi connectivity index (χ0n) is 7.44. The lowest BCUT2D eigenvalue weighted by Gasteiger charge is -1.95. The van der Waals surface area contributed by atoms with E-state index >= 15 is 0 Å². The number of aryl methyl sites for hydroxylation is 1. The summed E-state index contributed by atoms with van der Waals surface area (Å²) in [6.07, 6.45) is 0. The predicted molar refractivity (Wildman–Crippen MR) is 50.5 cm³/mol. The molecule has 0 radical (unpaired) electrons. The number of benzene rings is 1. The van der Waals surface area contributed by atoms with Crippen molar-refractivity contribution >= 4 is 16.9 Å². The topological polar surface area (TPSA) is 75.1 Å². The summed E-state index contributed by atoms with van der Waals surface area (Å²) in [6.45, 7) is 0. The average molecular weight is 192 g/mol. The molecular formula is C9H8N2O3. The van der Waals surface area contributed by atoms with E-state index in [4.69, 9.17) is 5.11 Å². The van der Waals surface area contributed by atoms with Gasteiger partial charge >= 0.3 is 5.97 Å². The van der Waals surface area contributed by atoms with Crippen LogP contribution < -0.4 is 5.56 Å². The first-order valence-corrected chi connectivity index (χ1v) is 4.01. The fraction of sp³-hybridized carbons (Fsp3) is 0.111. The second-order valence-electron chi connectivity index (χ2n) is 3.04. The summed E-state index contributed by atoms with van der Waals surface area (Å²) in [6, 6.07) is 4.45. The Balaban J connectivity index is 2.84. The Hall–Kier alpha value is -2.04. The van der Waals surface area contributed by atoms with Gasteiger partial charge in [0, 0.05) is 7.05 Å². The molecule has 2 rings (SSSR count). The lowest BCUT2D eigenvalue weighted by atomic mass is 10.1. The zero-order chi connectivity index (χ0) is 10.3. The van der Waals surface area contributed by atoms with Crippen LogP contribution in [-0.4, -0.2) is 20.9 Å². The third kappa shape index (κ3) is 1.10. The van der Waals surface area contributed by atoms with Gasteiger partial charge < -0.3 is 5.11 Å². The second-order valence-corrected chi connectivity index (χ2v) is 3.04. The van der Waals surface area contributed by atoms with Crippen LogP contribution in [0, 0.1) is 0 Å². The lowest BCUT2D eigenvalue weighted by Crippen LogP contribution is -2.02. The molecule has 0 aliphatic heterocycles. The molecule has 2 aromatic rings. The number of aromatic amines is 1. The third-order valence-corrected chi connectivity index (χ3v) is 2.12. The van der Waals surface area contributed by atoms with Gasteiger partial charge in [-0.1, -0.05) is 0 Å². The minimum absolute atomic E-state index is 0.120. The molecule has 1 aromatic heterocycles. The molecule has 0 spiro atoms. The largest absolute Gasteiger partial charge is 0.478 e. The smallest absolute Gasteiger partial charge is 0.335 e. The Kier molecular flexibility index (Phi) is 1.67. The van der Waals surface area contributed by atoms with Gasteiger partial charge in [0.2, 0.25) is 0 Å². The van der Waals surface area contributed by atoms with Gasteiger partial charge in [-0.2, -0.15) is 0 Å². The van der Waals surface area contributed by atoms with E-state index in [0.717, 1.165) is 0 Å². The quantitative estimate of drug-likeness (QED) is 0.693. The average Bonchev–Trinajstić information content (AvgIpc) is 2.42. The first kappa shape index (κ1) is 8.55. The number of nitrogens with zero attached hydrogens (tertiary/aromatic N) is 1. The summed E-state index contributed by atoms with van der Waals surface area (Å²) in [4.78, 5) is 21.9. The summed E-state index contributed by atoms with van der Waals surface area (Å²) in [5.41, 5.74) is 0.541. The number of carboxylic acid groups (broad SMARTS) is 1. The van der Waals surface area contributed by atoms with Gasteiger partial charge in [0.25, 0.3) is 5.56 Å². The Labute approximate surface area is 78.6 Å². The fourth-order valence-corrected chi connectivity index (χ4v) is 1.42. The predicted octanol–water partition coefficient (Wildman–Crippen LogP) is 0.565.